The van der Waals surface area contributed by atoms with Gasteiger partial charge in [-0.05, 0) is 65.2 Å². The number of aliphatic hydroxyl groups is 1. The molecule has 0 aromatic heterocycles. The van der Waals surface area contributed by atoms with Crippen LogP contribution in [-0.2, 0) is 10.3 Å². The zero-order chi connectivity index (χ0) is 15.3. The van der Waals surface area contributed by atoms with Gasteiger partial charge in [-0.25, -0.2) is 4.39 Å². The molecule has 2 nitrogen and oxygen atoms in total. The summed E-state index contributed by atoms with van der Waals surface area (Å²) in [6.07, 6.45) is 0.739. The first kappa shape index (κ1) is 15.5. The standard InChI is InChI=1S/C17H25FO2/c1-11-7-8-12(9-13(11)18)17(6,19)14-10-15(2,3)20-16(14,4)5/h7-9,14,19H,10H2,1-6H3. The summed E-state index contributed by atoms with van der Waals surface area (Å²) in [6, 6.07) is 4.96. The Kier molecular flexibility index (Phi) is 3.51. The first-order valence-electron chi connectivity index (χ1n) is 7.15. The van der Waals surface area contributed by atoms with Crippen LogP contribution in [0.4, 0.5) is 4.39 Å². The van der Waals surface area contributed by atoms with Gasteiger partial charge in [-0.3, -0.25) is 0 Å². The molecule has 1 aromatic rings. The molecule has 1 aromatic carbocycles. The van der Waals surface area contributed by atoms with Crippen molar-refractivity contribution in [3.8, 4) is 0 Å². The average molecular weight is 280 g/mol. The Bertz CT molecular complexity index is 518. The molecule has 1 heterocycles. The molecule has 1 aliphatic rings. The molecule has 1 aliphatic heterocycles. The largest absolute Gasteiger partial charge is 0.385 e. The van der Waals surface area contributed by atoms with Gasteiger partial charge in [0, 0.05) is 5.92 Å². The molecule has 0 spiro atoms. The van der Waals surface area contributed by atoms with E-state index in [-0.39, 0.29) is 17.3 Å². The van der Waals surface area contributed by atoms with Crippen LogP contribution in [0.1, 0.15) is 52.2 Å². The average Bonchev–Trinajstić information content (AvgIpc) is 2.51. The second-order valence-electron chi connectivity index (χ2n) is 7.33. The molecule has 2 atom stereocenters. The van der Waals surface area contributed by atoms with Crippen molar-refractivity contribution in [2.24, 2.45) is 5.92 Å². The Morgan fingerprint density at radius 1 is 1.30 bits per heavy atom. The zero-order valence-electron chi connectivity index (χ0n) is 13.2. The van der Waals surface area contributed by atoms with Crippen molar-refractivity contribution in [3.63, 3.8) is 0 Å². The Hall–Kier alpha value is -0.930. The first-order valence-corrected chi connectivity index (χ1v) is 7.15. The number of benzene rings is 1. The van der Waals surface area contributed by atoms with Crippen LogP contribution in [0.3, 0.4) is 0 Å². The third kappa shape index (κ3) is 2.61. The van der Waals surface area contributed by atoms with E-state index in [0.29, 0.717) is 11.1 Å². The van der Waals surface area contributed by atoms with E-state index in [4.69, 9.17) is 4.74 Å². The predicted molar refractivity (Wildman–Crippen MR) is 78.1 cm³/mol. The van der Waals surface area contributed by atoms with Gasteiger partial charge in [-0.2, -0.15) is 0 Å². The molecule has 3 heteroatoms. The van der Waals surface area contributed by atoms with Crippen molar-refractivity contribution in [2.75, 3.05) is 0 Å². The van der Waals surface area contributed by atoms with Gasteiger partial charge in [0.1, 0.15) is 5.82 Å². The number of halogens is 1. The van der Waals surface area contributed by atoms with E-state index in [2.05, 4.69) is 0 Å². The second kappa shape index (κ2) is 4.54. The molecule has 0 amide bonds. The zero-order valence-corrected chi connectivity index (χ0v) is 13.2. The number of hydrogen-bond acceptors (Lipinski definition) is 2. The maximum atomic E-state index is 13.8. The van der Waals surface area contributed by atoms with Crippen LogP contribution in [0, 0.1) is 18.7 Å². The van der Waals surface area contributed by atoms with E-state index in [0.717, 1.165) is 6.42 Å². The summed E-state index contributed by atoms with van der Waals surface area (Å²) >= 11 is 0. The van der Waals surface area contributed by atoms with Crippen LogP contribution < -0.4 is 0 Å². The molecule has 1 fully saturated rings. The Labute approximate surface area is 121 Å². The van der Waals surface area contributed by atoms with E-state index in [1.54, 1.807) is 26.0 Å². The van der Waals surface area contributed by atoms with Crippen LogP contribution in [0.2, 0.25) is 0 Å². The van der Waals surface area contributed by atoms with Crippen LogP contribution in [0.5, 0.6) is 0 Å². The van der Waals surface area contributed by atoms with Gasteiger partial charge in [0.25, 0.3) is 0 Å². The van der Waals surface area contributed by atoms with E-state index in [1.807, 2.05) is 27.7 Å². The van der Waals surface area contributed by atoms with Crippen molar-refractivity contribution in [3.05, 3.63) is 35.1 Å². The third-order valence-corrected chi connectivity index (χ3v) is 4.51. The molecule has 1 saturated heterocycles. The minimum Gasteiger partial charge on any atom is -0.385 e. The van der Waals surface area contributed by atoms with Gasteiger partial charge in [0.15, 0.2) is 0 Å². The number of rotatable bonds is 2. The summed E-state index contributed by atoms with van der Waals surface area (Å²) in [7, 11) is 0. The van der Waals surface area contributed by atoms with Crippen LogP contribution in [0.25, 0.3) is 0 Å². The number of aryl methyl sites for hydroxylation is 1. The lowest BCUT2D eigenvalue weighted by atomic mass is 9.72. The fourth-order valence-corrected chi connectivity index (χ4v) is 3.55. The quantitative estimate of drug-likeness (QED) is 0.889. The van der Waals surface area contributed by atoms with Crippen LogP contribution in [-0.4, -0.2) is 16.3 Å². The Balaban J connectivity index is 2.41. The fraction of sp³-hybridized carbons (Fsp3) is 0.647. The molecule has 2 rings (SSSR count). The van der Waals surface area contributed by atoms with Gasteiger partial charge >= 0.3 is 0 Å². The molecular weight excluding hydrogens is 255 g/mol. The third-order valence-electron chi connectivity index (χ3n) is 4.51. The minimum absolute atomic E-state index is 0.0906. The van der Waals surface area contributed by atoms with Crippen molar-refractivity contribution in [1.82, 2.24) is 0 Å². The highest BCUT2D eigenvalue weighted by Gasteiger charge is 2.53. The predicted octanol–water partition coefficient (Wildman–Crippen LogP) is 3.94. The van der Waals surface area contributed by atoms with E-state index < -0.39 is 11.2 Å². The lowest BCUT2D eigenvalue weighted by Crippen LogP contribution is -2.42. The van der Waals surface area contributed by atoms with E-state index in [9.17, 15) is 9.50 Å². The lowest BCUT2D eigenvalue weighted by Gasteiger charge is -2.38. The highest BCUT2D eigenvalue weighted by atomic mass is 19.1. The monoisotopic (exact) mass is 280 g/mol. The van der Waals surface area contributed by atoms with Gasteiger partial charge in [-0.15, -0.1) is 0 Å². The number of ether oxygens (including phenoxy) is 1. The van der Waals surface area contributed by atoms with Crippen LogP contribution in [0.15, 0.2) is 18.2 Å². The molecule has 0 aliphatic carbocycles. The SMILES string of the molecule is Cc1ccc(C(C)(O)C2CC(C)(C)OC2(C)C)cc1F. The molecule has 20 heavy (non-hydrogen) atoms. The maximum absolute atomic E-state index is 13.8. The Morgan fingerprint density at radius 3 is 2.35 bits per heavy atom. The summed E-state index contributed by atoms with van der Waals surface area (Å²) < 4.78 is 19.9. The van der Waals surface area contributed by atoms with Crippen molar-refractivity contribution in [1.29, 1.82) is 0 Å². The van der Waals surface area contributed by atoms with Crippen molar-refractivity contribution in [2.45, 2.75) is 64.8 Å². The van der Waals surface area contributed by atoms with Crippen molar-refractivity contribution >= 4 is 0 Å². The topological polar surface area (TPSA) is 29.5 Å². The van der Waals surface area contributed by atoms with Gasteiger partial charge < -0.3 is 9.84 Å². The maximum Gasteiger partial charge on any atom is 0.126 e. The normalized spacial score (nSPS) is 27.3. The summed E-state index contributed by atoms with van der Waals surface area (Å²) in [5.41, 5.74) is -0.645. The first-order chi connectivity index (χ1) is 8.96. The molecule has 112 valence electrons. The van der Waals surface area contributed by atoms with Gasteiger partial charge in [0.05, 0.1) is 16.8 Å². The molecule has 0 radical (unpaired) electrons. The molecule has 0 bridgehead atoms. The Morgan fingerprint density at radius 2 is 1.90 bits per heavy atom. The van der Waals surface area contributed by atoms with E-state index in [1.165, 1.54) is 6.07 Å². The molecule has 1 N–H and O–H groups in total. The second-order valence-corrected chi connectivity index (χ2v) is 7.33. The summed E-state index contributed by atoms with van der Waals surface area (Å²) in [6.45, 7) is 11.5. The van der Waals surface area contributed by atoms with Crippen LogP contribution >= 0.6 is 0 Å². The molecule has 0 saturated carbocycles. The summed E-state index contributed by atoms with van der Waals surface area (Å²) in [4.78, 5) is 0. The van der Waals surface area contributed by atoms with E-state index >= 15 is 0 Å². The minimum atomic E-state index is -1.12. The fourth-order valence-electron chi connectivity index (χ4n) is 3.55. The highest BCUT2D eigenvalue weighted by molar-refractivity contribution is 5.29. The summed E-state index contributed by atoms with van der Waals surface area (Å²) in [5.74, 6) is -0.370. The number of hydrogen-bond donors (Lipinski definition) is 1. The molecular formula is C17H25FO2. The van der Waals surface area contributed by atoms with Crippen molar-refractivity contribution < 1.29 is 14.2 Å². The van der Waals surface area contributed by atoms with Gasteiger partial charge in [0.2, 0.25) is 0 Å². The molecule has 2 unspecified atom stereocenters. The summed E-state index contributed by atoms with van der Waals surface area (Å²) in [5, 5.41) is 11.0. The smallest absolute Gasteiger partial charge is 0.126 e. The van der Waals surface area contributed by atoms with Gasteiger partial charge in [-0.1, -0.05) is 12.1 Å². The highest BCUT2D eigenvalue weighted by Crippen LogP contribution is 2.50. The lowest BCUT2D eigenvalue weighted by molar-refractivity contribution is -0.111.